The van der Waals surface area contributed by atoms with Crippen LogP contribution in [0.4, 0.5) is 0 Å². The lowest BCUT2D eigenvalue weighted by molar-refractivity contribution is -0.348. The largest absolute Gasteiger partial charge is 0.229 e. The van der Waals surface area contributed by atoms with Gasteiger partial charge in [0.2, 0.25) is 0 Å². The lowest BCUT2D eigenvalue weighted by Crippen LogP contribution is -2.30. The van der Waals surface area contributed by atoms with Gasteiger partial charge in [-0.1, -0.05) is 12.2 Å². The molecule has 2 nitrogen and oxygen atoms in total. The van der Waals surface area contributed by atoms with Crippen LogP contribution >= 0.6 is 0 Å². The Labute approximate surface area is 48.0 Å². The van der Waals surface area contributed by atoms with Crippen molar-refractivity contribution in [3.05, 3.63) is 18.6 Å². The maximum atomic E-state index is 4.86. The molecule has 2 heteroatoms. The standard InChI is InChI=1S/C6H7O2/c1-2-6-4-3-5(1)7-8-6/h1-3,5-6H,4H2. The van der Waals surface area contributed by atoms with E-state index in [1.54, 1.807) is 0 Å². The molecule has 43 valence electrons. The molecule has 3 rings (SSSR count). The minimum Gasteiger partial charge on any atom is -0.229 e. The fourth-order valence-electron chi connectivity index (χ4n) is 0.937. The molecule has 0 spiro atoms. The summed E-state index contributed by atoms with van der Waals surface area (Å²) in [5.74, 6) is 0. The average molecular weight is 111 g/mol. The average Bonchev–Trinajstić information content (AvgIpc) is 1.92. The normalized spacial score (nSPS) is 43.0. The maximum absolute atomic E-state index is 4.86. The summed E-state index contributed by atoms with van der Waals surface area (Å²) in [5, 5.41) is 0. The molecule has 8 heavy (non-hydrogen) atoms. The molecular weight excluding hydrogens is 104 g/mol. The van der Waals surface area contributed by atoms with Crippen LogP contribution in [0.3, 0.4) is 0 Å². The molecule has 2 heterocycles. The highest BCUT2D eigenvalue weighted by Gasteiger charge is 2.24. The van der Waals surface area contributed by atoms with Crippen molar-refractivity contribution in [3.63, 3.8) is 0 Å². The molecule has 2 unspecified atom stereocenters. The van der Waals surface area contributed by atoms with E-state index in [1.165, 1.54) is 0 Å². The molecule has 3 aliphatic rings. The van der Waals surface area contributed by atoms with Crippen LogP contribution in [0.5, 0.6) is 0 Å². The van der Waals surface area contributed by atoms with Crippen LogP contribution in [0, 0.1) is 6.42 Å². The predicted molar refractivity (Wildman–Crippen MR) is 27.8 cm³/mol. The third-order valence-corrected chi connectivity index (χ3v) is 1.41. The summed E-state index contributed by atoms with van der Waals surface area (Å²) in [6.07, 6.45) is 7.47. The third kappa shape index (κ3) is 0.572. The zero-order valence-corrected chi connectivity index (χ0v) is 4.41. The Balaban J connectivity index is 2.20. The van der Waals surface area contributed by atoms with Gasteiger partial charge in [0.05, 0.1) is 0 Å². The Morgan fingerprint density at radius 3 is 2.38 bits per heavy atom. The Morgan fingerprint density at radius 2 is 2.25 bits per heavy atom. The van der Waals surface area contributed by atoms with Gasteiger partial charge >= 0.3 is 0 Å². The summed E-state index contributed by atoms with van der Waals surface area (Å²) in [4.78, 5) is 9.69. The smallest absolute Gasteiger partial charge is 0.114 e. The van der Waals surface area contributed by atoms with Gasteiger partial charge in [-0.2, -0.15) is 0 Å². The zero-order chi connectivity index (χ0) is 5.40. The van der Waals surface area contributed by atoms with E-state index in [0.29, 0.717) is 0 Å². The summed E-state index contributed by atoms with van der Waals surface area (Å²) in [6.45, 7) is 0. The van der Waals surface area contributed by atoms with Crippen molar-refractivity contribution in [2.75, 3.05) is 0 Å². The van der Waals surface area contributed by atoms with Gasteiger partial charge in [0, 0.05) is 6.42 Å². The number of hydrogen-bond acceptors (Lipinski definition) is 2. The second kappa shape index (κ2) is 1.57. The quantitative estimate of drug-likeness (QED) is 0.341. The summed E-state index contributed by atoms with van der Waals surface area (Å²) in [5.41, 5.74) is 0. The molecular formula is C6H7O2. The highest BCUT2D eigenvalue weighted by atomic mass is 17.2. The molecule has 0 amide bonds. The van der Waals surface area contributed by atoms with Crippen LogP contribution in [0.15, 0.2) is 12.2 Å². The first-order valence-corrected chi connectivity index (χ1v) is 2.79. The topological polar surface area (TPSA) is 18.5 Å². The van der Waals surface area contributed by atoms with E-state index in [2.05, 4.69) is 6.42 Å². The van der Waals surface area contributed by atoms with Gasteiger partial charge in [-0.05, 0) is 6.42 Å². The predicted octanol–water partition coefficient (Wildman–Crippen LogP) is 0.850. The fraction of sp³-hybridized carbons (Fsp3) is 0.500. The van der Waals surface area contributed by atoms with Crippen molar-refractivity contribution in [2.45, 2.75) is 18.6 Å². The minimum absolute atomic E-state index is 0.125. The van der Waals surface area contributed by atoms with Gasteiger partial charge in [-0.15, -0.1) is 0 Å². The molecule has 2 aliphatic heterocycles. The molecule has 1 fully saturated rings. The van der Waals surface area contributed by atoms with Gasteiger partial charge in [0.1, 0.15) is 12.2 Å². The lowest BCUT2D eigenvalue weighted by atomic mass is 10.0. The Hall–Kier alpha value is -0.340. The third-order valence-electron chi connectivity index (χ3n) is 1.41. The first-order valence-electron chi connectivity index (χ1n) is 2.79. The van der Waals surface area contributed by atoms with Crippen molar-refractivity contribution in [1.82, 2.24) is 0 Å². The number of hydrogen-bond donors (Lipinski definition) is 0. The molecule has 2 bridgehead atoms. The Kier molecular flexibility index (Phi) is 0.889. The molecule has 0 aromatic carbocycles. The second-order valence-corrected chi connectivity index (χ2v) is 2.05. The first kappa shape index (κ1) is 4.53. The SMILES string of the molecule is [CH]1CC2C=CC1OO2. The zero-order valence-electron chi connectivity index (χ0n) is 4.41. The summed E-state index contributed by atoms with van der Waals surface area (Å²) < 4.78 is 0. The van der Waals surface area contributed by atoms with E-state index in [-0.39, 0.29) is 12.2 Å². The van der Waals surface area contributed by atoms with Crippen LogP contribution < -0.4 is 0 Å². The van der Waals surface area contributed by atoms with Crippen LogP contribution in [-0.2, 0) is 9.78 Å². The van der Waals surface area contributed by atoms with Crippen molar-refractivity contribution in [2.24, 2.45) is 0 Å². The van der Waals surface area contributed by atoms with Crippen LogP contribution in [0.2, 0.25) is 0 Å². The highest BCUT2D eigenvalue weighted by molar-refractivity contribution is 5.09. The van der Waals surface area contributed by atoms with E-state index in [1.807, 2.05) is 12.2 Å². The highest BCUT2D eigenvalue weighted by Crippen LogP contribution is 2.22. The summed E-state index contributed by atoms with van der Waals surface area (Å²) >= 11 is 0. The van der Waals surface area contributed by atoms with Gasteiger partial charge < -0.3 is 0 Å². The molecule has 0 N–H and O–H groups in total. The summed E-state index contributed by atoms with van der Waals surface area (Å²) in [7, 11) is 0. The van der Waals surface area contributed by atoms with E-state index in [9.17, 15) is 0 Å². The molecule has 0 saturated carbocycles. The van der Waals surface area contributed by atoms with Gasteiger partial charge in [-0.25, -0.2) is 9.78 Å². The van der Waals surface area contributed by atoms with Gasteiger partial charge in [-0.3, -0.25) is 0 Å². The lowest BCUT2D eigenvalue weighted by Gasteiger charge is -2.28. The first-order chi connectivity index (χ1) is 3.95. The molecule has 2 atom stereocenters. The number of rotatable bonds is 0. The van der Waals surface area contributed by atoms with Crippen molar-refractivity contribution in [3.8, 4) is 0 Å². The van der Waals surface area contributed by atoms with Crippen LogP contribution in [0.1, 0.15) is 6.42 Å². The van der Waals surface area contributed by atoms with Crippen molar-refractivity contribution >= 4 is 0 Å². The van der Waals surface area contributed by atoms with Crippen molar-refractivity contribution in [1.29, 1.82) is 0 Å². The monoisotopic (exact) mass is 111 g/mol. The maximum Gasteiger partial charge on any atom is 0.114 e. The van der Waals surface area contributed by atoms with E-state index < -0.39 is 0 Å². The van der Waals surface area contributed by atoms with E-state index in [4.69, 9.17) is 9.78 Å². The minimum atomic E-state index is 0.125. The van der Waals surface area contributed by atoms with Crippen LogP contribution in [-0.4, -0.2) is 12.2 Å². The fourth-order valence-corrected chi connectivity index (χ4v) is 0.937. The van der Waals surface area contributed by atoms with Crippen molar-refractivity contribution < 1.29 is 9.78 Å². The van der Waals surface area contributed by atoms with Gasteiger partial charge in [0.25, 0.3) is 0 Å². The number of fused-ring (bicyclic) bond motifs is 2. The molecule has 1 radical (unpaired) electrons. The van der Waals surface area contributed by atoms with E-state index >= 15 is 0 Å². The van der Waals surface area contributed by atoms with E-state index in [0.717, 1.165) is 6.42 Å². The molecule has 0 aromatic rings. The van der Waals surface area contributed by atoms with Crippen LogP contribution in [0.25, 0.3) is 0 Å². The van der Waals surface area contributed by atoms with Gasteiger partial charge in [0.15, 0.2) is 0 Å². The summed E-state index contributed by atoms with van der Waals surface area (Å²) in [6, 6.07) is 0. The second-order valence-electron chi connectivity index (χ2n) is 2.05. The molecule has 1 aliphatic carbocycles. The Bertz CT molecular complexity index is 97.7. The Morgan fingerprint density at radius 1 is 1.25 bits per heavy atom. The molecule has 1 saturated heterocycles. The molecule has 0 aromatic heterocycles.